The number of methoxy groups -OCH3 is 1. The average molecular weight is 188 g/mol. The minimum Gasteiger partial charge on any atom is -0.454 e. The van der Waals surface area contributed by atoms with Crippen LogP contribution in [0, 0.1) is 0 Å². The predicted octanol–water partition coefficient (Wildman–Crippen LogP) is -0.0948. The normalized spacial score (nSPS) is 9.31. The van der Waals surface area contributed by atoms with Crippen LogP contribution in [0.25, 0.3) is 0 Å². The fourth-order valence-electron chi connectivity index (χ4n) is 0.491. The van der Waals surface area contributed by atoms with Crippen molar-refractivity contribution in [1.82, 2.24) is 0 Å². The molecule has 5 nitrogen and oxygen atoms in total. The lowest BCUT2D eigenvalue weighted by Gasteiger charge is -2.02. The van der Waals surface area contributed by atoms with Gasteiger partial charge < -0.3 is 14.2 Å². The minimum absolute atomic E-state index is 0.0428. The molecular formula is C8H12O5. The van der Waals surface area contributed by atoms with Gasteiger partial charge in [-0.2, -0.15) is 0 Å². The van der Waals surface area contributed by atoms with Crippen LogP contribution in [-0.4, -0.2) is 38.9 Å². The third-order valence-corrected chi connectivity index (χ3v) is 1.01. The summed E-state index contributed by atoms with van der Waals surface area (Å²) in [5.41, 5.74) is 0. The zero-order chi connectivity index (χ0) is 10.1. The van der Waals surface area contributed by atoms with Gasteiger partial charge in [-0.1, -0.05) is 6.58 Å². The summed E-state index contributed by atoms with van der Waals surface area (Å²) >= 11 is 0. The maximum absolute atomic E-state index is 10.8. The summed E-state index contributed by atoms with van der Waals surface area (Å²) in [5.74, 6) is -0.952. The molecule has 0 fully saturated rings. The highest BCUT2D eigenvalue weighted by molar-refractivity contribution is 5.86. The van der Waals surface area contributed by atoms with E-state index in [1.807, 2.05) is 0 Å². The molecule has 0 aromatic rings. The maximum atomic E-state index is 10.8. The summed E-state index contributed by atoms with van der Waals surface area (Å²) in [4.78, 5) is 21.3. The summed E-state index contributed by atoms with van der Waals surface area (Å²) in [5, 5.41) is 0. The van der Waals surface area contributed by atoms with Crippen molar-refractivity contribution in [2.75, 3.05) is 27.1 Å². The van der Waals surface area contributed by atoms with Gasteiger partial charge in [-0.25, -0.2) is 4.79 Å². The summed E-state index contributed by atoms with van der Waals surface area (Å²) in [6.07, 6.45) is 0.989. The molecule has 0 heterocycles. The van der Waals surface area contributed by atoms with E-state index in [0.29, 0.717) is 0 Å². The Morgan fingerprint density at radius 3 is 2.62 bits per heavy atom. The van der Waals surface area contributed by atoms with Crippen molar-refractivity contribution in [3.63, 3.8) is 0 Å². The molecule has 0 atom stereocenters. The average Bonchev–Trinajstić information content (AvgIpc) is 2.14. The molecule has 0 aromatic carbocycles. The van der Waals surface area contributed by atoms with Crippen LogP contribution in [0.1, 0.15) is 0 Å². The van der Waals surface area contributed by atoms with E-state index in [-0.39, 0.29) is 25.8 Å². The third kappa shape index (κ3) is 7.17. The Balaban J connectivity index is 3.40. The fourth-order valence-corrected chi connectivity index (χ4v) is 0.491. The summed E-state index contributed by atoms with van der Waals surface area (Å²) < 4.78 is 13.7. The highest BCUT2D eigenvalue weighted by atomic mass is 16.7. The van der Waals surface area contributed by atoms with Crippen LogP contribution in [-0.2, 0) is 23.8 Å². The first kappa shape index (κ1) is 11.8. The Morgan fingerprint density at radius 1 is 1.38 bits per heavy atom. The van der Waals surface area contributed by atoms with Crippen molar-refractivity contribution in [2.24, 2.45) is 0 Å². The van der Waals surface area contributed by atoms with Crippen molar-refractivity contribution in [2.45, 2.75) is 0 Å². The molecule has 0 aliphatic heterocycles. The molecule has 0 aliphatic rings. The van der Waals surface area contributed by atoms with Crippen LogP contribution in [0.4, 0.5) is 0 Å². The number of carbonyl (C=O) groups is 2. The Bertz CT molecular complexity index is 187. The van der Waals surface area contributed by atoms with Gasteiger partial charge in [-0.15, -0.1) is 0 Å². The maximum Gasteiger partial charge on any atom is 0.330 e. The molecule has 0 amide bonds. The molecule has 0 aromatic heterocycles. The van der Waals surface area contributed by atoms with E-state index >= 15 is 0 Å². The van der Waals surface area contributed by atoms with Crippen LogP contribution < -0.4 is 0 Å². The van der Waals surface area contributed by atoms with Gasteiger partial charge in [-0.3, -0.25) is 4.79 Å². The Morgan fingerprint density at radius 2 is 2.08 bits per heavy atom. The zero-order valence-corrected chi connectivity index (χ0v) is 7.45. The van der Waals surface area contributed by atoms with E-state index < -0.39 is 5.97 Å². The lowest BCUT2D eigenvalue weighted by atomic mass is 10.4. The van der Waals surface area contributed by atoms with Crippen LogP contribution in [0.2, 0.25) is 0 Å². The van der Waals surface area contributed by atoms with E-state index in [0.717, 1.165) is 6.08 Å². The summed E-state index contributed by atoms with van der Waals surface area (Å²) in [6.45, 7) is 2.80. The molecule has 5 heteroatoms. The number of ketones is 1. The first-order valence-electron chi connectivity index (χ1n) is 3.58. The zero-order valence-electron chi connectivity index (χ0n) is 7.45. The molecule has 74 valence electrons. The lowest BCUT2D eigenvalue weighted by Crippen LogP contribution is -2.18. The lowest BCUT2D eigenvalue weighted by molar-refractivity contribution is -0.146. The van der Waals surface area contributed by atoms with E-state index in [1.165, 1.54) is 7.11 Å². The minimum atomic E-state index is -0.625. The monoisotopic (exact) mass is 188 g/mol. The van der Waals surface area contributed by atoms with Crippen LogP contribution in [0.5, 0.6) is 0 Å². The van der Waals surface area contributed by atoms with Crippen molar-refractivity contribution in [1.29, 1.82) is 0 Å². The number of Topliss-reactive ketones (excluding diaryl/α,β-unsaturated/α-hetero) is 1. The van der Waals surface area contributed by atoms with Gasteiger partial charge in [-0.05, 0) is 0 Å². The second-order valence-electron chi connectivity index (χ2n) is 2.11. The van der Waals surface area contributed by atoms with Gasteiger partial charge in [0, 0.05) is 13.2 Å². The molecule has 0 spiro atoms. The highest BCUT2D eigenvalue weighted by Crippen LogP contribution is 1.83. The fraction of sp³-hybridized carbons (Fsp3) is 0.500. The Hall–Kier alpha value is -1.20. The smallest absolute Gasteiger partial charge is 0.330 e. The van der Waals surface area contributed by atoms with Crippen molar-refractivity contribution in [3.05, 3.63) is 12.7 Å². The second-order valence-corrected chi connectivity index (χ2v) is 2.11. The molecule has 0 N–H and O–H groups in total. The standard InChI is InChI=1S/C8H12O5/c1-3-8(10)13-5-7(9)4-12-6-11-2/h3H,1,4-6H2,2H3. The Kier molecular flexibility index (Phi) is 6.76. The van der Waals surface area contributed by atoms with Gasteiger partial charge in [0.1, 0.15) is 13.4 Å². The molecule has 0 radical (unpaired) electrons. The molecule has 0 saturated heterocycles. The quantitative estimate of drug-likeness (QED) is 0.242. The molecular weight excluding hydrogens is 176 g/mol. The highest BCUT2D eigenvalue weighted by Gasteiger charge is 2.04. The molecule has 13 heavy (non-hydrogen) atoms. The van der Waals surface area contributed by atoms with Crippen LogP contribution in [0.3, 0.4) is 0 Å². The molecule has 0 saturated carbocycles. The van der Waals surface area contributed by atoms with Gasteiger partial charge in [0.25, 0.3) is 0 Å². The topological polar surface area (TPSA) is 61.8 Å². The molecule has 0 unspecified atom stereocenters. The first-order chi connectivity index (χ1) is 6.20. The third-order valence-electron chi connectivity index (χ3n) is 1.01. The van der Waals surface area contributed by atoms with Crippen molar-refractivity contribution in [3.8, 4) is 0 Å². The van der Waals surface area contributed by atoms with E-state index in [2.05, 4.69) is 16.1 Å². The number of carbonyl (C=O) groups excluding carboxylic acids is 2. The summed E-state index contributed by atoms with van der Waals surface area (Å²) in [7, 11) is 1.45. The van der Waals surface area contributed by atoms with Crippen molar-refractivity contribution < 1.29 is 23.8 Å². The first-order valence-corrected chi connectivity index (χ1v) is 3.58. The number of hydrogen-bond donors (Lipinski definition) is 0. The largest absolute Gasteiger partial charge is 0.454 e. The second kappa shape index (κ2) is 7.45. The van der Waals surface area contributed by atoms with Gasteiger partial charge in [0.05, 0.1) is 0 Å². The molecule has 0 rings (SSSR count). The molecule has 0 bridgehead atoms. The van der Waals surface area contributed by atoms with E-state index in [4.69, 9.17) is 4.74 Å². The van der Waals surface area contributed by atoms with Gasteiger partial charge in [0.15, 0.2) is 12.4 Å². The number of ether oxygens (including phenoxy) is 3. The SMILES string of the molecule is C=CC(=O)OCC(=O)COCOC. The predicted molar refractivity (Wildman–Crippen MR) is 44.0 cm³/mol. The number of esters is 1. The number of rotatable bonds is 7. The summed E-state index contributed by atoms with van der Waals surface area (Å²) in [6, 6.07) is 0. The van der Waals surface area contributed by atoms with Gasteiger partial charge in [0.2, 0.25) is 0 Å². The van der Waals surface area contributed by atoms with Crippen LogP contribution in [0.15, 0.2) is 12.7 Å². The molecule has 0 aliphatic carbocycles. The van der Waals surface area contributed by atoms with Crippen molar-refractivity contribution >= 4 is 11.8 Å². The van der Waals surface area contributed by atoms with Crippen LogP contribution >= 0.6 is 0 Å². The number of hydrogen-bond acceptors (Lipinski definition) is 5. The Labute approximate surface area is 76.3 Å². The van der Waals surface area contributed by atoms with E-state index in [1.54, 1.807) is 0 Å². The van der Waals surface area contributed by atoms with E-state index in [9.17, 15) is 9.59 Å². The van der Waals surface area contributed by atoms with Gasteiger partial charge >= 0.3 is 5.97 Å².